The lowest BCUT2D eigenvalue weighted by Crippen LogP contribution is -1.92. The summed E-state index contributed by atoms with van der Waals surface area (Å²) in [4.78, 5) is 12.9. The van der Waals surface area contributed by atoms with E-state index in [0.717, 1.165) is 17.1 Å². The molecular formula is C10H10N4S. The van der Waals surface area contributed by atoms with Gasteiger partial charge in [0.15, 0.2) is 5.13 Å². The molecule has 0 amide bonds. The predicted molar refractivity (Wildman–Crippen MR) is 59.5 cm³/mol. The Morgan fingerprint density at radius 1 is 1.27 bits per heavy atom. The molecule has 0 unspecified atom stereocenters. The smallest absolute Gasteiger partial charge is 0.180 e. The number of hydrogen-bond acceptors (Lipinski definition) is 5. The zero-order chi connectivity index (χ0) is 10.3. The summed E-state index contributed by atoms with van der Waals surface area (Å²) >= 11 is 1.43. The minimum atomic E-state index is 0.580. The van der Waals surface area contributed by atoms with E-state index < -0.39 is 0 Å². The number of aromatic nitrogens is 3. The Balaban J connectivity index is 1.92. The Morgan fingerprint density at radius 2 is 2.00 bits per heavy atom. The van der Waals surface area contributed by atoms with Gasteiger partial charge in [-0.3, -0.25) is 0 Å². The van der Waals surface area contributed by atoms with E-state index >= 15 is 0 Å². The molecule has 0 bridgehead atoms. The fourth-order valence-electron chi connectivity index (χ4n) is 1.44. The Kier molecular flexibility index (Phi) is 1.92. The first-order valence-corrected chi connectivity index (χ1v) is 5.74. The maximum Gasteiger partial charge on any atom is 0.180 e. The Labute approximate surface area is 91.2 Å². The predicted octanol–water partition coefficient (Wildman–Crippen LogP) is 2.06. The quantitative estimate of drug-likeness (QED) is 0.838. The summed E-state index contributed by atoms with van der Waals surface area (Å²) in [6, 6.07) is 0. The van der Waals surface area contributed by atoms with E-state index in [1.165, 1.54) is 24.2 Å². The molecule has 2 heterocycles. The molecule has 76 valence electrons. The van der Waals surface area contributed by atoms with Gasteiger partial charge in [0.25, 0.3) is 0 Å². The molecule has 0 aromatic carbocycles. The highest BCUT2D eigenvalue weighted by molar-refractivity contribution is 7.13. The largest absolute Gasteiger partial charge is 0.375 e. The van der Waals surface area contributed by atoms with Crippen molar-refractivity contribution in [2.24, 2.45) is 0 Å². The molecule has 4 nitrogen and oxygen atoms in total. The van der Waals surface area contributed by atoms with Gasteiger partial charge in [-0.15, -0.1) is 11.3 Å². The van der Waals surface area contributed by atoms with Gasteiger partial charge < -0.3 is 5.73 Å². The van der Waals surface area contributed by atoms with Gasteiger partial charge in [0.1, 0.15) is 5.82 Å². The first-order valence-electron chi connectivity index (χ1n) is 4.86. The molecule has 3 rings (SSSR count). The lowest BCUT2D eigenvalue weighted by Gasteiger charge is -1.97. The maximum atomic E-state index is 5.57. The second kappa shape index (κ2) is 3.27. The van der Waals surface area contributed by atoms with Gasteiger partial charge in [-0.2, -0.15) is 0 Å². The number of nitrogens with two attached hydrogens (primary N) is 1. The van der Waals surface area contributed by atoms with Crippen LogP contribution in [-0.4, -0.2) is 15.0 Å². The number of nitrogen functional groups attached to an aromatic ring is 1. The Morgan fingerprint density at radius 3 is 2.53 bits per heavy atom. The highest BCUT2D eigenvalue weighted by Crippen LogP contribution is 2.37. The number of anilines is 1. The normalized spacial score (nSPS) is 15.5. The van der Waals surface area contributed by atoms with Gasteiger partial charge in [0, 0.05) is 29.3 Å². The third-order valence-electron chi connectivity index (χ3n) is 2.43. The van der Waals surface area contributed by atoms with Crippen molar-refractivity contribution in [2.75, 3.05) is 5.73 Å². The molecule has 0 spiro atoms. The molecule has 5 heteroatoms. The maximum absolute atomic E-state index is 5.57. The third-order valence-corrected chi connectivity index (χ3v) is 3.11. The van der Waals surface area contributed by atoms with E-state index in [9.17, 15) is 0 Å². The summed E-state index contributed by atoms with van der Waals surface area (Å²) in [7, 11) is 0. The molecule has 2 aromatic heterocycles. The minimum absolute atomic E-state index is 0.580. The summed E-state index contributed by atoms with van der Waals surface area (Å²) in [5.74, 6) is 1.56. The van der Waals surface area contributed by atoms with E-state index in [-0.39, 0.29) is 0 Å². The van der Waals surface area contributed by atoms with Crippen LogP contribution >= 0.6 is 11.3 Å². The van der Waals surface area contributed by atoms with E-state index in [1.807, 2.05) is 17.8 Å². The summed E-state index contributed by atoms with van der Waals surface area (Å²) in [5, 5.41) is 2.50. The third kappa shape index (κ3) is 1.70. The van der Waals surface area contributed by atoms with Crippen LogP contribution in [0.3, 0.4) is 0 Å². The lowest BCUT2D eigenvalue weighted by molar-refractivity contribution is 0.927. The SMILES string of the molecule is Nc1nc(-c2cnc(C3CC3)nc2)cs1. The standard InChI is InChI=1S/C10H10N4S/c11-10-14-8(5-15-10)7-3-12-9(13-4-7)6-1-2-6/h3-6H,1-2H2,(H2,11,14). The van der Waals surface area contributed by atoms with Crippen LogP contribution in [0.5, 0.6) is 0 Å². The average molecular weight is 218 g/mol. The second-order valence-corrected chi connectivity index (χ2v) is 4.56. The van der Waals surface area contributed by atoms with Crippen LogP contribution in [0.15, 0.2) is 17.8 Å². The molecule has 0 saturated heterocycles. The number of hydrogen-bond donors (Lipinski definition) is 1. The number of thiazole rings is 1. The fourth-order valence-corrected chi connectivity index (χ4v) is 2.02. The summed E-state index contributed by atoms with van der Waals surface area (Å²) in [6.45, 7) is 0. The Hall–Kier alpha value is -1.49. The van der Waals surface area contributed by atoms with Gasteiger partial charge in [0.05, 0.1) is 5.69 Å². The van der Waals surface area contributed by atoms with Gasteiger partial charge in [0.2, 0.25) is 0 Å². The van der Waals surface area contributed by atoms with Crippen molar-refractivity contribution in [3.63, 3.8) is 0 Å². The number of nitrogens with zero attached hydrogens (tertiary/aromatic N) is 3. The zero-order valence-electron chi connectivity index (χ0n) is 8.05. The minimum Gasteiger partial charge on any atom is -0.375 e. The van der Waals surface area contributed by atoms with Crippen molar-refractivity contribution in [1.82, 2.24) is 15.0 Å². The molecule has 0 radical (unpaired) electrons. The second-order valence-electron chi connectivity index (χ2n) is 3.68. The summed E-state index contributed by atoms with van der Waals surface area (Å²) in [6.07, 6.45) is 6.11. The Bertz CT molecular complexity index is 472. The topological polar surface area (TPSA) is 64.7 Å². The zero-order valence-corrected chi connectivity index (χ0v) is 8.87. The van der Waals surface area contributed by atoms with Crippen molar-refractivity contribution < 1.29 is 0 Å². The molecule has 1 fully saturated rings. The molecule has 1 saturated carbocycles. The molecule has 2 aromatic rings. The molecule has 15 heavy (non-hydrogen) atoms. The average Bonchev–Trinajstić information content (AvgIpc) is 3.02. The first-order chi connectivity index (χ1) is 7.33. The highest BCUT2D eigenvalue weighted by atomic mass is 32.1. The lowest BCUT2D eigenvalue weighted by atomic mass is 10.2. The number of rotatable bonds is 2. The van der Waals surface area contributed by atoms with Crippen molar-refractivity contribution in [3.05, 3.63) is 23.6 Å². The van der Waals surface area contributed by atoms with Crippen molar-refractivity contribution in [2.45, 2.75) is 18.8 Å². The van der Waals surface area contributed by atoms with Crippen LogP contribution in [0.4, 0.5) is 5.13 Å². The molecule has 1 aliphatic rings. The molecular weight excluding hydrogens is 208 g/mol. The molecule has 1 aliphatic carbocycles. The van der Waals surface area contributed by atoms with Crippen LogP contribution < -0.4 is 5.73 Å². The fraction of sp³-hybridized carbons (Fsp3) is 0.300. The van der Waals surface area contributed by atoms with Crippen LogP contribution in [0.2, 0.25) is 0 Å². The van der Waals surface area contributed by atoms with Crippen LogP contribution in [-0.2, 0) is 0 Å². The summed E-state index contributed by atoms with van der Waals surface area (Å²) < 4.78 is 0. The first kappa shape index (κ1) is 8.79. The monoisotopic (exact) mass is 218 g/mol. The van der Waals surface area contributed by atoms with Gasteiger partial charge in [-0.25, -0.2) is 15.0 Å². The summed E-state index contributed by atoms with van der Waals surface area (Å²) in [5.41, 5.74) is 7.37. The van der Waals surface area contributed by atoms with Gasteiger partial charge in [-0.05, 0) is 12.8 Å². The molecule has 2 N–H and O–H groups in total. The molecule has 0 aliphatic heterocycles. The van der Waals surface area contributed by atoms with Crippen molar-refractivity contribution in [3.8, 4) is 11.3 Å². The van der Waals surface area contributed by atoms with E-state index in [2.05, 4.69) is 15.0 Å². The highest BCUT2D eigenvalue weighted by Gasteiger charge is 2.26. The van der Waals surface area contributed by atoms with Crippen LogP contribution in [0.25, 0.3) is 11.3 Å². The van der Waals surface area contributed by atoms with E-state index in [4.69, 9.17) is 5.73 Å². The van der Waals surface area contributed by atoms with Crippen molar-refractivity contribution >= 4 is 16.5 Å². The van der Waals surface area contributed by atoms with E-state index in [1.54, 1.807) is 0 Å². The van der Waals surface area contributed by atoms with Crippen LogP contribution in [0.1, 0.15) is 24.6 Å². The van der Waals surface area contributed by atoms with E-state index in [0.29, 0.717) is 11.0 Å². The molecule has 0 atom stereocenters. The van der Waals surface area contributed by atoms with Crippen LogP contribution in [0, 0.1) is 0 Å². The van der Waals surface area contributed by atoms with Crippen molar-refractivity contribution in [1.29, 1.82) is 0 Å². The van der Waals surface area contributed by atoms with Gasteiger partial charge >= 0.3 is 0 Å². The van der Waals surface area contributed by atoms with Gasteiger partial charge in [-0.1, -0.05) is 0 Å².